The molecule has 4 nitrogen and oxygen atoms in total. The van der Waals surface area contributed by atoms with E-state index in [1.807, 2.05) is 34.9 Å². The van der Waals surface area contributed by atoms with E-state index < -0.39 is 0 Å². The van der Waals surface area contributed by atoms with Gasteiger partial charge in [0.1, 0.15) is 0 Å². The van der Waals surface area contributed by atoms with Gasteiger partial charge in [0.15, 0.2) is 18.1 Å². The van der Waals surface area contributed by atoms with E-state index in [-0.39, 0.29) is 12.5 Å². The van der Waals surface area contributed by atoms with Gasteiger partial charge >= 0.3 is 0 Å². The minimum absolute atomic E-state index is 0.0439. The van der Waals surface area contributed by atoms with E-state index in [1.54, 1.807) is 13.2 Å². The fourth-order valence-corrected chi connectivity index (χ4v) is 2.79. The van der Waals surface area contributed by atoms with Crippen molar-refractivity contribution in [1.82, 2.24) is 4.90 Å². The molecule has 0 aliphatic carbocycles. The van der Waals surface area contributed by atoms with Gasteiger partial charge in [-0.15, -0.1) is 0 Å². The number of hydrogen-bond donors (Lipinski definition) is 0. The van der Waals surface area contributed by atoms with Gasteiger partial charge in [-0.1, -0.05) is 12.1 Å². The van der Waals surface area contributed by atoms with Gasteiger partial charge in [0.2, 0.25) is 0 Å². The lowest BCUT2D eigenvalue weighted by Gasteiger charge is -2.17. The Hall–Kier alpha value is -1.36. The highest BCUT2D eigenvalue weighted by Crippen LogP contribution is 2.26. The van der Waals surface area contributed by atoms with E-state index >= 15 is 0 Å². The number of methoxy groups -OCH3 is 1. The Morgan fingerprint density at radius 3 is 2.79 bits per heavy atom. The molecule has 0 unspecified atom stereocenters. The fraction of sp³-hybridized carbons (Fsp3) is 0.500. The van der Waals surface area contributed by atoms with E-state index in [9.17, 15) is 4.79 Å². The smallest absolute Gasteiger partial charge is 0.260 e. The first kappa shape index (κ1) is 14.1. The zero-order chi connectivity index (χ0) is 13.7. The summed E-state index contributed by atoms with van der Waals surface area (Å²) in [4.78, 5) is 13.9. The van der Waals surface area contributed by atoms with Crippen LogP contribution in [0.4, 0.5) is 0 Å². The fourth-order valence-electron chi connectivity index (χ4n) is 2.12. The van der Waals surface area contributed by atoms with E-state index in [0.29, 0.717) is 16.7 Å². The first-order valence-corrected chi connectivity index (χ1v) is 7.59. The van der Waals surface area contributed by atoms with Crippen LogP contribution in [-0.4, -0.2) is 49.1 Å². The zero-order valence-corrected chi connectivity index (χ0v) is 12.1. The molecule has 0 spiro atoms. The molecule has 1 heterocycles. The number of thioether (sulfide) groups is 1. The van der Waals surface area contributed by atoms with Crippen LogP contribution in [0.25, 0.3) is 0 Å². The lowest BCUT2D eigenvalue weighted by atomic mass is 10.3. The normalized spacial score (nSPS) is 18.4. The maximum atomic E-state index is 12.0. The number of para-hydroxylation sites is 2. The molecule has 1 aromatic carbocycles. The van der Waals surface area contributed by atoms with Gasteiger partial charge in [-0.25, -0.2) is 0 Å². The quantitative estimate of drug-likeness (QED) is 0.828. The molecule has 0 aromatic heterocycles. The maximum absolute atomic E-state index is 12.0. The molecule has 1 aliphatic heterocycles. The van der Waals surface area contributed by atoms with Crippen molar-refractivity contribution in [2.45, 2.75) is 11.7 Å². The Balaban J connectivity index is 1.87. The summed E-state index contributed by atoms with van der Waals surface area (Å²) in [6, 6.07) is 7.36. The average molecular weight is 281 g/mol. The Kier molecular flexibility index (Phi) is 4.96. The van der Waals surface area contributed by atoms with Gasteiger partial charge in [-0.2, -0.15) is 11.8 Å². The van der Waals surface area contributed by atoms with Crippen molar-refractivity contribution in [3.63, 3.8) is 0 Å². The minimum atomic E-state index is 0.0439. The predicted octanol–water partition coefficient (Wildman–Crippen LogP) is 2.04. The van der Waals surface area contributed by atoms with Gasteiger partial charge < -0.3 is 14.4 Å². The molecule has 19 heavy (non-hydrogen) atoms. The summed E-state index contributed by atoms with van der Waals surface area (Å²) in [7, 11) is 1.59. The predicted molar refractivity (Wildman–Crippen MR) is 77.0 cm³/mol. The van der Waals surface area contributed by atoms with Crippen molar-refractivity contribution in [2.75, 3.05) is 33.1 Å². The molecule has 0 saturated carbocycles. The molecule has 1 aliphatic rings. The summed E-state index contributed by atoms with van der Waals surface area (Å²) >= 11 is 1.82. The number of rotatable bonds is 5. The number of likely N-dealkylation sites (tertiary alicyclic amines) is 1. The number of carbonyl (C=O) groups is 1. The third-order valence-electron chi connectivity index (χ3n) is 3.25. The van der Waals surface area contributed by atoms with E-state index in [1.165, 1.54) is 0 Å². The van der Waals surface area contributed by atoms with Gasteiger partial charge in [0.25, 0.3) is 5.91 Å². The molecular formula is C14H19NO3S. The number of amides is 1. The van der Waals surface area contributed by atoms with Crippen molar-refractivity contribution in [1.29, 1.82) is 0 Å². The third kappa shape index (κ3) is 3.56. The molecule has 5 heteroatoms. The van der Waals surface area contributed by atoms with Crippen LogP contribution in [0, 0.1) is 0 Å². The molecule has 1 fully saturated rings. The summed E-state index contributed by atoms with van der Waals surface area (Å²) in [5.41, 5.74) is 0. The second-order valence-electron chi connectivity index (χ2n) is 4.43. The molecule has 1 amide bonds. The second-order valence-corrected chi connectivity index (χ2v) is 5.56. The SMILES string of the molecule is COc1ccccc1OCC(=O)N1CC[C@@H](SC)C1. The van der Waals surface area contributed by atoms with Crippen molar-refractivity contribution in [3.05, 3.63) is 24.3 Å². The van der Waals surface area contributed by atoms with Crippen LogP contribution in [0.2, 0.25) is 0 Å². The number of nitrogens with zero attached hydrogens (tertiary/aromatic N) is 1. The van der Waals surface area contributed by atoms with Gasteiger partial charge in [0, 0.05) is 18.3 Å². The number of ether oxygens (including phenoxy) is 2. The maximum Gasteiger partial charge on any atom is 0.260 e. The first-order valence-electron chi connectivity index (χ1n) is 6.31. The lowest BCUT2D eigenvalue weighted by Crippen LogP contribution is -2.33. The van der Waals surface area contributed by atoms with Crippen LogP contribution in [0.3, 0.4) is 0 Å². The highest BCUT2D eigenvalue weighted by Gasteiger charge is 2.25. The molecule has 1 aromatic rings. The summed E-state index contributed by atoms with van der Waals surface area (Å²) < 4.78 is 10.7. The molecular weight excluding hydrogens is 262 g/mol. The van der Waals surface area contributed by atoms with E-state index in [0.717, 1.165) is 19.5 Å². The topological polar surface area (TPSA) is 38.8 Å². The number of carbonyl (C=O) groups excluding carboxylic acids is 1. The standard InChI is InChI=1S/C14H19NO3S/c1-17-12-5-3-4-6-13(12)18-10-14(16)15-8-7-11(9-15)19-2/h3-6,11H,7-10H2,1-2H3/t11-/m1/s1. The summed E-state index contributed by atoms with van der Waals surface area (Å²) in [6.07, 6.45) is 3.16. The molecule has 1 atom stereocenters. The molecule has 0 bridgehead atoms. The number of benzene rings is 1. The van der Waals surface area contributed by atoms with Gasteiger partial charge in [0.05, 0.1) is 7.11 Å². The van der Waals surface area contributed by atoms with Crippen LogP contribution in [0.5, 0.6) is 11.5 Å². The second kappa shape index (κ2) is 6.70. The largest absolute Gasteiger partial charge is 0.493 e. The molecule has 0 radical (unpaired) electrons. The van der Waals surface area contributed by atoms with Crippen LogP contribution < -0.4 is 9.47 Å². The van der Waals surface area contributed by atoms with Crippen LogP contribution >= 0.6 is 11.8 Å². The summed E-state index contributed by atoms with van der Waals surface area (Å²) in [6.45, 7) is 1.73. The van der Waals surface area contributed by atoms with E-state index in [2.05, 4.69) is 6.26 Å². The first-order chi connectivity index (χ1) is 9.24. The van der Waals surface area contributed by atoms with Gasteiger partial charge in [-0.3, -0.25) is 4.79 Å². The average Bonchev–Trinajstić information content (AvgIpc) is 2.94. The van der Waals surface area contributed by atoms with Crippen LogP contribution in [-0.2, 0) is 4.79 Å². The van der Waals surface area contributed by atoms with Crippen LogP contribution in [0.1, 0.15) is 6.42 Å². The molecule has 2 rings (SSSR count). The zero-order valence-electron chi connectivity index (χ0n) is 11.3. The Morgan fingerprint density at radius 1 is 1.42 bits per heavy atom. The summed E-state index contributed by atoms with van der Waals surface area (Å²) in [5.74, 6) is 1.31. The molecule has 1 saturated heterocycles. The van der Waals surface area contributed by atoms with Crippen molar-refractivity contribution in [3.8, 4) is 11.5 Å². The Bertz CT molecular complexity index is 438. The summed E-state index contributed by atoms with van der Waals surface area (Å²) in [5, 5.41) is 0.565. The number of hydrogen-bond acceptors (Lipinski definition) is 4. The highest BCUT2D eigenvalue weighted by atomic mass is 32.2. The van der Waals surface area contributed by atoms with Crippen LogP contribution in [0.15, 0.2) is 24.3 Å². The lowest BCUT2D eigenvalue weighted by molar-refractivity contribution is -0.132. The Labute approximate surface area is 118 Å². The molecule has 0 N–H and O–H groups in total. The highest BCUT2D eigenvalue weighted by molar-refractivity contribution is 7.99. The van der Waals surface area contributed by atoms with E-state index in [4.69, 9.17) is 9.47 Å². The third-order valence-corrected chi connectivity index (χ3v) is 4.30. The van der Waals surface area contributed by atoms with Crippen molar-refractivity contribution >= 4 is 17.7 Å². The van der Waals surface area contributed by atoms with Crippen molar-refractivity contribution < 1.29 is 14.3 Å². The Morgan fingerprint density at radius 2 is 2.16 bits per heavy atom. The monoisotopic (exact) mass is 281 g/mol. The van der Waals surface area contributed by atoms with Crippen molar-refractivity contribution in [2.24, 2.45) is 0 Å². The van der Waals surface area contributed by atoms with Gasteiger partial charge in [-0.05, 0) is 24.8 Å². The molecule has 104 valence electrons. The minimum Gasteiger partial charge on any atom is -0.493 e.